The fourth-order valence-corrected chi connectivity index (χ4v) is 0.629. The molecule has 0 aliphatic heterocycles. The van der Waals surface area contributed by atoms with Gasteiger partial charge < -0.3 is 16.2 Å². The third kappa shape index (κ3) is 4.64. The Morgan fingerprint density at radius 3 is 2.77 bits per heavy atom. The van der Waals surface area contributed by atoms with E-state index in [1.54, 1.807) is 0 Å². The predicted molar refractivity (Wildman–Crippen MR) is 46.0 cm³/mol. The highest BCUT2D eigenvalue weighted by Crippen LogP contribution is 2.00. The van der Waals surface area contributed by atoms with E-state index in [9.17, 15) is 9.70 Å². The molecule has 0 aliphatic carbocycles. The molecule has 0 aromatic rings. The van der Waals surface area contributed by atoms with Gasteiger partial charge >= 0.3 is 5.97 Å². The van der Waals surface area contributed by atoms with Crippen LogP contribution in [0.2, 0.25) is 0 Å². The number of rotatable bonds is 6. The highest BCUT2D eigenvalue weighted by Gasteiger charge is 2.13. The largest absolute Gasteiger partial charge is 0.480 e. The topological polar surface area (TPSA) is 129 Å². The lowest BCUT2D eigenvalue weighted by Gasteiger charge is -2.07. The molecule has 0 bridgehead atoms. The molecule has 1 unspecified atom stereocenters. The first-order chi connectivity index (χ1) is 6.11. The van der Waals surface area contributed by atoms with Crippen molar-refractivity contribution in [1.82, 2.24) is 5.32 Å². The number of nitrogens with two attached hydrogens (primary N) is 1. The van der Waals surface area contributed by atoms with Gasteiger partial charge in [-0.3, -0.25) is 10.2 Å². The van der Waals surface area contributed by atoms with Gasteiger partial charge in [-0.2, -0.15) is 0 Å². The molecular formula is C6H10N4O3. The molecule has 0 fully saturated rings. The Bertz CT molecular complexity index is 238. The minimum atomic E-state index is -1.18. The third-order valence-electron chi connectivity index (χ3n) is 1.22. The Kier molecular flexibility index (Phi) is 5.05. The van der Waals surface area contributed by atoms with Crippen LogP contribution in [0.1, 0.15) is 6.42 Å². The van der Waals surface area contributed by atoms with Crippen LogP contribution in [0.25, 0.3) is 0 Å². The normalized spacial score (nSPS) is 13.2. The van der Waals surface area contributed by atoms with Crippen molar-refractivity contribution in [2.45, 2.75) is 12.5 Å². The number of nitroso groups, excluding NO2 is 1. The lowest BCUT2D eigenvalue weighted by Crippen LogP contribution is -2.32. The lowest BCUT2D eigenvalue weighted by molar-refractivity contribution is -0.138. The van der Waals surface area contributed by atoms with Crippen LogP contribution >= 0.6 is 0 Å². The molecule has 0 saturated carbocycles. The zero-order valence-electron chi connectivity index (χ0n) is 6.73. The van der Waals surface area contributed by atoms with Crippen LogP contribution in [-0.2, 0) is 4.79 Å². The first-order valence-corrected chi connectivity index (χ1v) is 3.37. The Morgan fingerprint density at radius 1 is 1.77 bits per heavy atom. The predicted octanol–water partition coefficient (Wildman–Crippen LogP) is -0.407. The number of nitrogens with zero attached hydrogens (tertiary/aromatic N) is 1. The van der Waals surface area contributed by atoms with E-state index in [2.05, 4.69) is 10.5 Å². The minimum Gasteiger partial charge on any atom is -0.480 e. The number of aliphatic carboxylic acids is 1. The van der Waals surface area contributed by atoms with Crippen LogP contribution < -0.4 is 11.1 Å². The third-order valence-corrected chi connectivity index (χ3v) is 1.22. The zero-order chi connectivity index (χ0) is 10.3. The Balaban J connectivity index is 4.25. The van der Waals surface area contributed by atoms with Crippen LogP contribution in [0.4, 0.5) is 0 Å². The molecule has 0 radical (unpaired) electrons. The average molecular weight is 186 g/mol. The fraction of sp³-hybridized carbons (Fsp3) is 0.333. The van der Waals surface area contributed by atoms with Gasteiger partial charge in [0.2, 0.25) is 0 Å². The summed E-state index contributed by atoms with van der Waals surface area (Å²) in [6.45, 7) is 0. The second kappa shape index (κ2) is 5.84. The van der Waals surface area contributed by atoms with Gasteiger partial charge in [-0.25, -0.2) is 0 Å². The number of carboxylic acids is 1. The Hall–Kier alpha value is -1.76. The van der Waals surface area contributed by atoms with Crippen molar-refractivity contribution in [3.05, 3.63) is 16.8 Å². The monoisotopic (exact) mass is 186 g/mol. The molecule has 0 spiro atoms. The highest BCUT2D eigenvalue weighted by atomic mass is 16.4. The van der Waals surface area contributed by atoms with Crippen molar-refractivity contribution in [2.75, 3.05) is 0 Å². The Labute approximate surface area is 74.1 Å². The van der Waals surface area contributed by atoms with Crippen molar-refractivity contribution in [3.8, 4) is 0 Å². The van der Waals surface area contributed by atoms with E-state index in [-0.39, 0.29) is 12.1 Å². The summed E-state index contributed by atoms with van der Waals surface area (Å²) < 4.78 is 0. The maximum Gasteiger partial charge on any atom is 0.320 e. The van der Waals surface area contributed by atoms with Crippen molar-refractivity contribution in [3.63, 3.8) is 0 Å². The van der Waals surface area contributed by atoms with Gasteiger partial charge in [-0.05, 0) is 5.18 Å². The number of carbonyl (C=O) groups is 1. The summed E-state index contributed by atoms with van der Waals surface area (Å²) in [4.78, 5) is 20.1. The molecule has 0 amide bonds. The first kappa shape index (κ1) is 11.2. The second-order valence-corrected chi connectivity index (χ2v) is 2.20. The lowest BCUT2D eigenvalue weighted by atomic mass is 10.2. The summed E-state index contributed by atoms with van der Waals surface area (Å²) in [6.07, 6.45) is 1.62. The molecular weight excluding hydrogens is 176 g/mol. The van der Waals surface area contributed by atoms with E-state index in [4.69, 9.17) is 16.2 Å². The quantitative estimate of drug-likeness (QED) is 0.254. The molecule has 1 atom stereocenters. The molecule has 7 heteroatoms. The van der Waals surface area contributed by atoms with Gasteiger partial charge in [0, 0.05) is 12.1 Å². The van der Waals surface area contributed by atoms with Gasteiger partial charge in [-0.1, -0.05) is 0 Å². The smallest absolute Gasteiger partial charge is 0.320 e. The van der Waals surface area contributed by atoms with Crippen molar-refractivity contribution in [1.29, 1.82) is 5.41 Å². The van der Waals surface area contributed by atoms with E-state index in [1.165, 1.54) is 0 Å². The number of carboxylic acid groups (broad SMARTS) is 1. The maximum atomic E-state index is 10.3. The van der Waals surface area contributed by atoms with E-state index in [1.807, 2.05) is 0 Å². The average Bonchev–Trinajstić information content (AvgIpc) is 2.05. The Morgan fingerprint density at radius 2 is 2.38 bits per heavy atom. The van der Waals surface area contributed by atoms with E-state index < -0.39 is 12.0 Å². The van der Waals surface area contributed by atoms with Gasteiger partial charge in [-0.15, -0.1) is 4.91 Å². The molecule has 0 aromatic heterocycles. The molecule has 72 valence electrons. The van der Waals surface area contributed by atoms with E-state index >= 15 is 0 Å². The summed E-state index contributed by atoms with van der Waals surface area (Å²) in [5, 5.41) is 19.9. The van der Waals surface area contributed by atoms with Crippen molar-refractivity contribution >= 4 is 12.3 Å². The molecule has 0 heterocycles. The number of hydrogen-bond donors (Lipinski definition) is 4. The fourth-order valence-electron chi connectivity index (χ4n) is 0.629. The van der Waals surface area contributed by atoms with Crippen LogP contribution in [0.15, 0.2) is 17.1 Å². The number of hydrogen-bond acceptors (Lipinski definition) is 5. The van der Waals surface area contributed by atoms with Crippen LogP contribution in [-0.4, -0.2) is 23.5 Å². The second-order valence-electron chi connectivity index (χ2n) is 2.20. The van der Waals surface area contributed by atoms with Crippen LogP contribution in [0.3, 0.4) is 0 Å². The summed E-state index contributed by atoms with van der Waals surface area (Å²) >= 11 is 0. The molecule has 0 aliphatic rings. The van der Waals surface area contributed by atoms with Gasteiger partial charge in [0.25, 0.3) is 0 Å². The van der Waals surface area contributed by atoms with Crippen molar-refractivity contribution in [2.24, 2.45) is 10.9 Å². The summed E-state index contributed by atoms with van der Waals surface area (Å²) in [6, 6.07) is -1.11. The summed E-state index contributed by atoms with van der Waals surface area (Å²) in [5.41, 5.74) is 5.37. The standard InChI is InChI=1S/C6H10N4O3/c7-3-9-4(2-10-13)1-5(8)6(11)12/h2-3,5H,1,8H2,(H2,7,9)(H,11,12)/b4-2-. The maximum absolute atomic E-state index is 10.3. The van der Waals surface area contributed by atoms with Crippen LogP contribution in [0.5, 0.6) is 0 Å². The molecule has 7 nitrogen and oxygen atoms in total. The highest BCUT2D eigenvalue weighted by molar-refractivity contribution is 5.73. The van der Waals surface area contributed by atoms with Crippen LogP contribution in [0, 0.1) is 10.3 Å². The summed E-state index contributed by atoms with van der Waals surface area (Å²) in [5.74, 6) is -1.18. The molecule has 0 saturated heterocycles. The van der Waals surface area contributed by atoms with Crippen molar-refractivity contribution < 1.29 is 9.90 Å². The SMILES string of the molecule is N=CN/C(=C\N=O)CC(N)C(=O)O. The minimum absolute atomic E-state index is 0.0730. The van der Waals surface area contributed by atoms with Gasteiger partial charge in [0.05, 0.1) is 12.5 Å². The van der Waals surface area contributed by atoms with E-state index in [0.717, 1.165) is 12.5 Å². The molecule has 13 heavy (non-hydrogen) atoms. The van der Waals surface area contributed by atoms with Gasteiger partial charge in [0.1, 0.15) is 6.04 Å². The first-order valence-electron chi connectivity index (χ1n) is 3.37. The molecule has 0 rings (SSSR count). The zero-order valence-corrected chi connectivity index (χ0v) is 6.73. The number of nitrogens with one attached hydrogen (secondary N) is 2. The molecule has 0 aromatic carbocycles. The molecule has 5 N–H and O–H groups in total. The van der Waals surface area contributed by atoms with E-state index in [0.29, 0.717) is 0 Å². The van der Waals surface area contributed by atoms with Gasteiger partial charge in [0.15, 0.2) is 0 Å². The summed E-state index contributed by atoms with van der Waals surface area (Å²) in [7, 11) is 0.